The maximum absolute atomic E-state index is 13.5. The van der Waals surface area contributed by atoms with Crippen LogP contribution in [0.5, 0.6) is 0 Å². The predicted molar refractivity (Wildman–Crippen MR) is 159 cm³/mol. The van der Waals surface area contributed by atoms with Crippen LogP contribution in [0.2, 0.25) is 0 Å². The number of aliphatic hydroxyl groups excluding tert-OH is 3. The van der Waals surface area contributed by atoms with Crippen LogP contribution < -0.4 is 10.6 Å². The zero-order valence-electron chi connectivity index (χ0n) is 23.5. The summed E-state index contributed by atoms with van der Waals surface area (Å²) in [6.07, 6.45) is 5.46. The minimum Gasteiger partial charge on any atom is -0.388 e. The van der Waals surface area contributed by atoms with E-state index >= 15 is 0 Å². The summed E-state index contributed by atoms with van der Waals surface area (Å²) < 4.78 is 6.78. The van der Waals surface area contributed by atoms with E-state index in [9.17, 15) is 24.9 Å². The number of carbonyl (C=O) groups is 2. The first-order chi connectivity index (χ1) is 19.2. The third-order valence-electron chi connectivity index (χ3n) is 8.16. The second-order valence-electron chi connectivity index (χ2n) is 11.1. The van der Waals surface area contributed by atoms with Gasteiger partial charge in [-0.3, -0.25) is 9.59 Å². The van der Waals surface area contributed by atoms with Crippen molar-refractivity contribution in [1.29, 1.82) is 0 Å². The molecule has 4 heterocycles. The molecule has 1 aromatic rings. The molecule has 2 amide bonds. The number of thiazole rings is 1. The predicted octanol–water partition coefficient (Wildman–Crippen LogP) is 2.07. The second kappa shape index (κ2) is 15.0. The Kier molecular flexibility index (Phi) is 12.0. The first kappa shape index (κ1) is 32.0. The van der Waals surface area contributed by atoms with Gasteiger partial charge in [-0.05, 0) is 50.8 Å². The SMILES string of the molecule is CCC[C@H]1CCN[C@@H](C(=O)N[C@H](C2OC(SC)C(O)C(O)C2O)[C@@H](C)Sc2ncc(C(=O)N3CCCCC3)s2)C1. The molecule has 13 heteroatoms. The molecule has 1 aromatic heterocycles. The standard InChI is InChI=1S/C27H44N4O6S3/c1-4-8-16-9-10-28-17(13-16)24(35)30-19(23-21(33)20(32)22(34)26(37-23)38-3)15(2)39-27-29-14-18(40-27)25(36)31-11-6-5-7-12-31/h14-17,19-23,26,28,32-34H,4-13H2,1-3H3,(H,30,35)/t15-,16+,17-,19+,20?,21?,22?,23?,26?/m1/s1. The lowest BCUT2D eigenvalue weighted by atomic mass is 9.88. The number of nitrogens with one attached hydrogen (secondary N) is 2. The number of nitrogens with zero attached hydrogens (tertiary/aromatic N) is 2. The normalized spacial score (nSPS) is 32.9. The molecular formula is C27H44N4O6S3. The van der Waals surface area contributed by atoms with Gasteiger partial charge in [0.05, 0.1) is 18.3 Å². The number of thioether (sulfide) groups is 2. The van der Waals surface area contributed by atoms with Crippen LogP contribution in [0.3, 0.4) is 0 Å². The van der Waals surface area contributed by atoms with Crippen molar-refractivity contribution in [2.24, 2.45) is 5.92 Å². The zero-order chi connectivity index (χ0) is 28.8. The van der Waals surface area contributed by atoms with Crippen molar-refractivity contribution in [2.45, 2.75) is 110 Å². The van der Waals surface area contributed by atoms with E-state index in [0.29, 0.717) is 15.1 Å². The number of rotatable bonds is 10. The van der Waals surface area contributed by atoms with Gasteiger partial charge in [-0.15, -0.1) is 23.1 Å². The van der Waals surface area contributed by atoms with Crippen LogP contribution in [0.15, 0.2) is 10.5 Å². The van der Waals surface area contributed by atoms with Crippen molar-refractivity contribution in [1.82, 2.24) is 20.5 Å². The number of carbonyl (C=O) groups excluding carboxylic acids is 2. The minimum atomic E-state index is -1.41. The fourth-order valence-electron chi connectivity index (χ4n) is 5.86. The van der Waals surface area contributed by atoms with Crippen LogP contribution in [0, 0.1) is 5.92 Å². The third-order valence-corrected chi connectivity index (χ3v) is 11.3. The van der Waals surface area contributed by atoms with Crippen LogP contribution in [0.1, 0.15) is 68.5 Å². The Morgan fingerprint density at radius 3 is 2.67 bits per heavy atom. The number of aromatic nitrogens is 1. The number of hydrogen-bond acceptors (Lipinski definition) is 11. The Labute approximate surface area is 249 Å². The van der Waals surface area contributed by atoms with Gasteiger partial charge in [0.25, 0.3) is 5.91 Å². The molecule has 3 aliphatic heterocycles. The summed E-state index contributed by atoms with van der Waals surface area (Å²) >= 11 is 3.97. The van der Waals surface area contributed by atoms with Crippen molar-refractivity contribution in [3.8, 4) is 0 Å². The molecule has 5 unspecified atom stereocenters. The molecule has 0 radical (unpaired) electrons. The molecule has 0 spiro atoms. The fourth-order valence-corrected chi connectivity index (χ4v) is 8.87. The number of hydrogen-bond donors (Lipinski definition) is 5. The van der Waals surface area contributed by atoms with E-state index in [-0.39, 0.29) is 23.1 Å². The summed E-state index contributed by atoms with van der Waals surface area (Å²) in [7, 11) is 0. The molecule has 40 heavy (non-hydrogen) atoms. The molecule has 3 saturated heterocycles. The van der Waals surface area contributed by atoms with E-state index in [4.69, 9.17) is 4.74 Å². The van der Waals surface area contributed by atoms with Gasteiger partial charge in [0.1, 0.15) is 34.7 Å². The van der Waals surface area contributed by atoms with Crippen LogP contribution in [-0.4, -0.2) is 110 Å². The molecule has 226 valence electrons. The van der Waals surface area contributed by atoms with Gasteiger partial charge in [0, 0.05) is 18.3 Å². The highest BCUT2D eigenvalue weighted by Gasteiger charge is 2.48. The third kappa shape index (κ3) is 7.71. The highest BCUT2D eigenvalue weighted by Crippen LogP contribution is 2.35. The van der Waals surface area contributed by atoms with Crippen LogP contribution in [0.25, 0.3) is 0 Å². The van der Waals surface area contributed by atoms with Crippen molar-refractivity contribution in [2.75, 3.05) is 25.9 Å². The summed E-state index contributed by atoms with van der Waals surface area (Å²) in [4.78, 5) is 33.4. The maximum atomic E-state index is 13.5. The number of ether oxygens (including phenoxy) is 1. The van der Waals surface area contributed by atoms with Gasteiger partial charge in [-0.2, -0.15) is 0 Å². The van der Waals surface area contributed by atoms with Crippen molar-refractivity contribution < 1.29 is 29.6 Å². The second-order valence-corrected chi connectivity index (χ2v) is 14.7. The van der Waals surface area contributed by atoms with Crippen LogP contribution in [-0.2, 0) is 9.53 Å². The van der Waals surface area contributed by atoms with Crippen molar-refractivity contribution >= 4 is 46.7 Å². The Hall–Kier alpha value is -0.930. The highest BCUT2D eigenvalue weighted by atomic mass is 32.2. The van der Waals surface area contributed by atoms with Crippen molar-refractivity contribution in [3.63, 3.8) is 0 Å². The van der Waals surface area contributed by atoms with E-state index in [0.717, 1.165) is 64.6 Å². The summed E-state index contributed by atoms with van der Waals surface area (Å²) in [5, 5.41) is 38.1. The number of likely N-dealkylation sites (tertiary alicyclic amines) is 1. The smallest absolute Gasteiger partial charge is 0.265 e. The van der Waals surface area contributed by atoms with Gasteiger partial charge in [0.2, 0.25) is 5.91 Å². The quantitative estimate of drug-likeness (QED) is 0.248. The summed E-state index contributed by atoms with van der Waals surface area (Å²) in [5.74, 6) is 0.306. The monoisotopic (exact) mass is 616 g/mol. The molecule has 5 N–H and O–H groups in total. The molecule has 0 saturated carbocycles. The molecule has 3 fully saturated rings. The number of piperidine rings is 2. The summed E-state index contributed by atoms with van der Waals surface area (Å²) in [5.41, 5.74) is -0.754. The highest BCUT2D eigenvalue weighted by molar-refractivity contribution is 8.01. The topological polar surface area (TPSA) is 144 Å². The molecule has 4 rings (SSSR count). The van der Waals surface area contributed by atoms with E-state index in [1.807, 2.05) is 11.8 Å². The lowest BCUT2D eigenvalue weighted by Gasteiger charge is -2.44. The fraction of sp³-hybridized carbons (Fsp3) is 0.815. The average molecular weight is 617 g/mol. The molecular weight excluding hydrogens is 573 g/mol. The number of aliphatic hydroxyl groups is 3. The summed E-state index contributed by atoms with van der Waals surface area (Å²) in [6, 6.07) is -1.05. The van der Waals surface area contributed by atoms with Crippen molar-refractivity contribution in [3.05, 3.63) is 11.1 Å². The van der Waals surface area contributed by atoms with Gasteiger partial charge < -0.3 is 35.6 Å². The molecule has 9 atom stereocenters. The Balaban J connectivity index is 1.51. The lowest BCUT2D eigenvalue weighted by Crippen LogP contribution is -2.65. The van der Waals surface area contributed by atoms with E-state index in [1.165, 1.54) is 34.9 Å². The lowest BCUT2D eigenvalue weighted by molar-refractivity contribution is -0.205. The Morgan fingerprint density at radius 2 is 1.98 bits per heavy atom. The molecule has 0 aliphatic carbocycles. The van der Waals surface area contributed by atoms with E-state index in [2.05, 4.69) is 22.5 Å². The van der Waals surface area contributed by atoms with Crippen LogP contribution >= 0.6 is 34.9 Å². The first-order valence-electron chi connectivity index (χ1n) is 14.4. The molecule has 3 aliphatic rings. The molecule has 0 bridgehead atoms. The Bertz CT molecular complexity index is 976. The van der Waals surface area contributed by atoms with E-state index < -0.39 is 35.9 Å². The molecule has 10 nitrogen and oxygen atoms in total. The van der Waals surface area contributed by atoms with Gasteiger partial charge in [-0.25, -0.2) is 4.98 Å². The van der Waals surface area contributed by atoms with E-state index in [1.54, 1.807) is 12.5 Å². The summed E-state index contributed by atoms with van der Waals surface area (Å²) in [6.45, 7) is 6.37. The number of amides is 2. The minimum absolute atomic E-state index is 0.00230. The van der Waals surface area contributed by atoms with Crippen LogP contribution in [0.4, 0.5) is 0 Å². The maximum Gasteiger partial charge on any atom is 0.265 e. The van der Waals surface area contributed by atoms with Gasteiger partial charge in [0.15, 0.2) is 4.34 Å². The largest absolute Gasteiger partial charge is 0.388 e. The van der Waals surface area contributed by atoms with Gasteiger partial charge in [-0.1, -0.05) is 38.5 Å². The molecule has 0 aromatic carbocycles. The zero-order valence-corrected chi connectivity index (χ0v) is 26.0. The first-order valence-corrected chi connectivity index (χ1v) is 17.4. The van der Waals surface area contributed by atoms with Gasteiger partial charge >= 0.3 is 0 Å². The Morgan fingerprint density at radius 1 is 1.23 bits per heavy atom. The average Bonchev–Trinajstić information content (AvgIpc) is 3.43.